The van der Waals surface area contributed by atoms with Gasteiger partial charge in [-0.2, -0.15) is 0 Å². The maximum absolute atomic E-state index is 5.85. The molecule has 0 spiro atoms. The summed E-state index contributed by atoms with van der Waals surface area (Å²) in [6.07, 6.45) is -0.185. The Kier molecular flexibility index (Phi) is 2.50. The van der Waals surface area contributed by atoms with Crippen molar-refractivity contribution < 1.29 is 14.2 Å². The molecular formula is C15H13NO3. The molecule has 1 aromatic heterocycles. The Morgan fingerprint density at radius 3 is 2.63 bits per heavy atom. The average Bonchev–Trinajstić information content (AvgIpc) is 3.32. The molecule has 4 rings (SSSR count). The van der Waals surface area contributed by atoms with Gasteiger partial charge in [0.2, 0.25) is 6.29 Å². The van der Waals surface area contributed by atoms with Crippen molar-refractivity contribution in [1.29, 1.82) is 0 Å². The van der Waals surface area contributed by atoms with Crippen molar-refractivity contribution in [2.45, 2.75) is 19.0 Å². The van der Waals surface area contributed by atoms with E-state index in [4.69, 9.17) is 14.2 Å². The molecule has 4 heteroatoms. The fraction of sp³-hybridized carbons (Fsp3) is 0.267. The topological polar surface area (TPSA) is 43.9 Å². The molecule has 1 aromatic carbocycles. The molecule has 1 fully saturated rings. The van der Waals surface area contributed by atoms with Crippen molar-refractivity contribution >= 4 is 0 Å². The zero-order valence-corrected chi connectivity index (χ0v) is 10.3. The van der Waals surface area contributed by atoms with Crippen LogP contribution in [-0.2, 0) is 16.1 Å². The van der Waals surface area contributed by atoms with E-state index in [1.54, 1.807) is 0 Å². The minimum absolute atomic E-state index is 0.164. The minimum atomic E-state index is -0.349. The molecule has 0 N–H and O–H groups in total. The van der Waals surface area contributed by atoms with Crippen molar-refractivity contribution in [2.75, 3.05) is 6.61 Å². The number of epoxide rings is 1. The van der Waals surface area contributed by atoms with Crippen LogP contribution in [0.4, 0.5) is 0 Å². The van der Waals surface area contributed by atoms with Gasteiger partial charge in [0.15, 0.2) is 0 Å². The largest absolute Gasteiger partial charge is 0.459 e. The van der Waals surface area contributed by atoms with E-state index in [0.29, 0.717) is 6.61 Å². The first-order chi connectivity index (χ1) is 9.40. The fourth-order valence-corrected chi connectivity index (χ4v) is 2.19. The van der Waals surface area contributed by atoms with Crippen LogP contribution in [0.1, 0.15) is 29.3 Å². The third kappa shape index (κ3) is 2.09. The predicted molar refractivity (Wildman–Crippen MR) is 67.5 cm³/mol. The van der Waals surface area contributed by atoms with E-state index in [1.807, 2.05) is 42.5 Å². The van der Waals surface area contributed by atoms with Crippen LogP contribution in [0, 0.1) is 0 Å². The van der Waals surface area contributed by atoms with Crippen molar-refractivity contribution in [3.8, 4) is 5.75 Å². The summed E-state index contributed by atoms with van der Waals surface area (Å²) in [6, 6.07) is 13.8. The molecule has 2 aliphatic rings. The highest BCUT2D eigenvalue weighted by atomic mass is 16.7. The molecule has 0 radical (unpaired) electrons. The number of fused-ring (bicyclic) bond motifs is 1. The summed E-state index contributed by atoms with van der Waals surface area (Å²) in [5.41, 5.74) is 2.83. The summed E-state index contributed by atoms with van der Waals surface area (Å²) in [5.74, 6) is 0.796. The highest BCUT2D eigenvalue weighted by Gasteiger charge is 2.29. The number of ether oxygens (including phenoxy) is 3. The van der Waals surface area contributed by atoms with Crippen LogP contribution in [-0.4, -0.2) is 11.6 Å². The van der Waals surface area contributed by atoms with E-state index in [0.717, 1.165) is 29.3 Å². The molecule has 1 saturated heterocycles. The molecule has 96 valence electrons. The first-order valence-electron chi connectivity index (χ1n) is 6.35. The summed E-state index contributed by atoms with van der Waals surface area (Å²) < 4.78 is 16.8. The van der Waals surface area contributed by atoms with Gasteiger partial charge in [0.1, 0.15) is 17.5 Å². The molecule has 19 heavy (non-hydrogen) atoms. The van der Waals surface area contributed by atoms with Gasteiger partial charge < -0.3 is 14.2 Å². The van der Waals surface area contributed by atoms with Gasteiger partial charge in [0.05, 0.1) is 18.9 Å². The van der Waals surface area contributed by atoms with E-state index in [-0.39, 0.29) is 12.4 Å². The van der Waals surface area contributed by atoms with Gasteiger partial charge in [-0.25, -0.2) is 4.98 Å². The molecule has 0 aliphatic carbocycles. The molecule has 2 atom stereocenters. The first kappa shape index (κ1) is 11.0. The number of hydrogen-bond donors (Lipinski definition) is 0. The van der Waals surface area contributed by atoms with Crippen LogP contribution in [0.2, 0.25) is 0 Å². The number of nitrogens with zero attached hydrogens (tertiary/aromatic N) is 1. The van der Waals surface area contributed by atoms with Crippen LogP contribution in [0.25, 0.3) is 0 Å². The molecule has 0 bridgehead atoms. The second-order valence-electron chi connectivity index (χ2n) is 4.67. The number of rotatable bonds is 2. The highest BCUT2D eigenvalue weighted by Crippen LogP contribution is 2.35. The molecule has 2 aromatic rings. The predicted octanol–water partition coefficient (Wildman–Crippen LogP) is 2.76. The lowest BCUT2D eigenvalue weighted by molar-refractivity contribution is -0.113. The zero-order valence-electron chi connectivity index (χ0n) is 10.3. The van der Waals surface area contributed by atoms with Crippen molar-refractivity contribution in [2.24, 2.45) is 0 Å². The fourth-order valence-electron chi connectivity index (χ4n) is 2.19. The van der Waals surface area contributed by atoms with Crippen LogP contribution in [0.3, 0.4) is 0 Å². The Morgan fingerprint density at radius 2 is 1.84 bits per heavy atom. The van der Waals surface area contributed by atoms with Gasteiger partial charge in [0.25, 0.3) is 0 Å². The molecule has 4 nitrogen and oxygen atoms in total. The Balaban J connectivity index is 1.60. The third-order valence-electron chi connectivity index (χ3n) is 3.29. The Labute approximate surface area is 110 Å². The first-order valence-corrected chi connectivity index (χ1v) is 6.35. The van der Waals surface area contributed by atoms with E-state index in [2.05, 4.69) is 4.98 Å². The quantitative estimate of drug-likeness (QED) is 0.774. The highest BCUT2D eigenvalue weighted by molar-refractivity contribution is 5.32. The van der Waals surface area contributed by atoms with E-state index >= 15 is 0 Å². The molecule has 2 unspecified atom stereocenters. The van der Waals surface area contributed by atoms with Gasteiger partial charge in [-0.3, -0.25) is 0 Å². The Hall–Kier alpha value is -1.91. The molecule has 2 aliphatic heterocycles. The van der Waals surface area contributed by atoms with E-state index in [1.165, 1.54) is 0 Å². The monoisotopic (exact) mass is 255 g/mol. The SMILES string of the molecule is c1ccc(C2OCc3nc(C4CO4)ccc3O2)cc1. The molecule has 0 saturated carbocycles. The number of hydrogen-bond acceptors (Lipinski definition) is 4. The van der Waals surface area contributed by atoms with Gasteiger partial charge in [-0.05, 0) is 12.1 Å². The van der Waals surface area contributed by atoms with Gasteiger partial charge in [-0.15, -0.1) is 0 Å². The summed E-state index contributed by atoms with van der Waals surface area (Å²) in [6.45, 7) is 1.23. The smallest absolute Gasteiger partial charge is 0.227 e. The van der Waals surface area contributed by atoms with E-state index in [9.17, 15) is 0 Å². The lowest BCUT2D eigenvalue weighted by Gasteiger charge is -2.26. The van der Waals surface area contributed by atoms with E-state index < -0.39 is 0 Å². The standard InChI is InChI=1S/C15H13NO3/c1-2-4-10(5-3-1)15-18-8-12-13(19-15)7-6-11(16-12)14-9-17-14/h1-7,14-15H,8-9H2. The maximum Gasteiger partial charge on any atom is 0.227 e. The number of benzene rings is 1. The minimum Gasteiger partial charge on any atom is -0.459 e. The van der Waals surface area contributed by atoms with Crippen LogP contribution >= 0.6 is 0 Å². The number of pyridine rings is 1. The Morgan fingerprint density at radius 1 is 1.00 bits per heavy atom. The lowest BCUT2D eigenvalue weighted by Crippen LogP contribution is -2.19. The summed E-state index contributed by atoms with van der Waals surface area (Å²) >= 11 is 0. The lowest BCUT2D eigenvalue weighted by atomic mass is 10.2. The second-order valence-corrected chi connectivity index (χ2v) is 4.67. The van der Waals surface area contributed by atoms with Gasteiger partial charge >= 0.3 is 0 Å². The Bertz CT molecular complexity index is 596. The normalized spacial score (nSPS) is 24.4. The molecule has 3 heterocycles. The molecular weight excluding hydrogens is 242 g/mol. The summed E-state index contributed by atoms with van der Waals surface area (Å²) in [5, 5.41) is 0. The average molecular weight is 255 g/mol. The van der Waals surface area contributed by atoms with Crippen molar-refractivity contribution in [3.63, 3.8) is 0 Å². The van der Waals surface area contributed by atoms with Gasteiger partial charge in [0, 0.05) is 5.56 Å². The summed E-state index contributed by atoms with van der Waals surface area (Å²) in [7, 11) is 0. The van der Waals surface area contributed by atoms with Crippen LogP contribution in [0.15, 0.2) is 42.5 Å². The van der Waals surface area contributed by atoms with Crippen LogP contribution in [0.5, 0.6) is 5.75 Å². The second kappa shape index (κ2) is 4.33. The maximum atomic E-state index is 5.85. The zero-order chi connectivity index (χ0) is 12.7. The number of aromatic nitrogens is 1. The third-order valence-corrected chi connectivity index (χ3v) is 3.29. The van der Waals surface area contributed by atoms with Crippen molar-refractivity contribution in [3.05, 3.63) is 59.4 Å². The van der Waals surface area contributed by atoms with Gasteiger partial charge in [-0.1, -0.05) is 30.3 Å². The van der Waals surface area contributed by atoms with Crippen LogP contribution < -0.4 is 4.74 Å². The van der Waals surface area contributed by atoms with Crippen molar-refractivity contribution in [1.82, 2.24) is 4.98 Å². The molecule has 0 amide bonds. The summed E-state index contributed by atoms with van der Waals surface area (Å²) in [4.78, 5) is 4.53.